The number of ether oxygens (including phenoxy) is 1. The maximum Gasteiger partial charge on any atom is 0.252 e. The van der Waals surface area contributed by atoms with Gasteiger partial charge in [0.15, 0.2) is 0 Å². The van der Waals surface area contributed by atoms with Gasteiger partial charge in [-0.2, -0.15) is 0 Å². The lowest BCUT2D eigenvalue weighted by atomic mass is 9.93. The molecule has 3 aromatic rings. The fourth-order valence-corrected chi connectivity index (χ4v) is 3.17. The molecule has 0 saturated carbocycles. The molecule has 0 aliphatic rings. The molecular formula is C24H25NO2. The topological polar surface area (TPSA) is 38.3 Å². The van der Waals surface area contributed by atoms with Crippen molar-refractivity contribution in [3.8, 4) is 5.75 Å². The number of carbonyl (C=O) groups is 1. The summed E-state index contributed by atoms with van der Waals surface area (Å²) < 4.78 is 5.53. The van der Waals surface area contributed by atoms with Gasteiger partial charge in [-0.1, -0.05) is 60.2 Å². The van der Waals surface area contributed by atoms with Gasteiger partial charge < -0.3 is 10.1 Å². The molecule has 3 heteroatoms. The highest BCUT2D eigenvalue weighted by Crippen LogP contribution is 2.26. The van der Waals surface area contributed by atoms with E-state index in [1.165, 1.54) is 5.56 Å². The van der Waals surface area contributed by atoms with E-state index < -0.39 is 0 Å². The molecule has 138 valence electrons. The third-order valence-electron chi connectivity index (χ3n) is 4.56. The van der Waals surface area contributed by atoms with E-state index in [-0.39, 0.29) is 11.9 Å². The van der Waals surface area contributed by atoms with Crippen LogP contribution in [0.4, 0.5) is 0 Å². The van der Waals surface area contributed by atoms with Crippen LogP contribution in [0.1, 0.15) is 45.6 Å². The third-order valence-corrected chi connectivity index (χ3v) is 4.56. The van der Waals surface area contributed by atoms with Gasteiger partial charge in [0.25, 0.3) is 5.91 Å². The Kier molecular flexibility index (Phi) is 5.92. The second-order valence-electron chi connectivity index (χ2n) is 6.64. The lowest BCUT2D eigenvalue weighted by Crippen LogP contribution is -2.30. The zero-order chi connectivity index (χ0) is 19.2. The highest BCUT2D eigenvalue weighted by Gasteiger charge is 2.20. The molecule has 3 rings (SSSR count). The second-order valence-corrected chi connectivity index (χ2v) is 6.64. The molecule has 1 atom stereocenters. The van der Waals surface area contributed by atoms with Gasteiger partial charge in [-0.3, -0.25) is 4.79 Å². The van der Waals surface area contributed by atoms with Gasteiger partial charge in [0, 0.05) is 5.56 Å². The summed E-state index contributed by atoms with van der Waals surface area (Å²) in [4.78, 5) is 13.0. The number of carbonyl (C=O) groups excluding carboxylic acids is 1. The van der Waals surface area contributed by atoms with Gasteiger partial charge >= 0.3 is 0 Å². The largest absolute Gasteiger partial charge is 0.494 e. The zero-order valence-electron chi connectivity index (χ0n) is 16.0. The fraction of sp³-hybridized carbons (Fsp3) is 0.208. The standard InChI is InChI=1S/C24H25NO2/c1-4-27-21-12-8-11-20(16-21)24(26)25-23(19-9-6-5-7-10-19)22-15-17(2)13-14-18(22)3/h5-16,23H,4H2,1-3H3,(H,25,26)/t23-/m1/s1. The van der Waals surface area contributed by atoms with Crippen LogP contribution < -0.4 is 10.1 Å². The number of hydrogen-bond acceptors (Lipinski definition) is 2. The SMILES string of the molecule is CCOc1cccc(C(=O)N[C@H](c2ccccc2)c2cc(C)ccc2C)c1. The molecule has 1 amide bonds. The van der Waals surface area contributed by atoms with Crippen molar-refractivity contribution in [1.82, 2.24) is 5.32 Å². The van der Waals surface area contributed by atoms with Crippen molar-refractivity contribution in [3.63, 3.8) is 0 Å². The van der Waals surface area contributed by atoms with E-state index in [2.05, 4.69) is 37.4 Å². The van der Waals surface area contributed by atoms with Crippen molar-refractivity contribution in [2.45, 2.75) is 26.8 Å². The minimum atomic E-state index is -0.214. The molecule has 0 radical (unpaired) electrons. The molecule has 27 heavy (non-hydrogen) atoms. The second kappa shape index (κ2) is 8.54. The smallest absolute Gasteiger partial charge is 0.252 e. The Labute approximate surface area is 161 Å². The zero-order valence-corrected chi connectivity index (χ0v) is 16.0. The summed E-state index contributed by atoms with van der Waals surface area (Å²) in [6, 6.07) is 23.5. The number of benzene rings is 3. The van der Waals surface area contributed by atoms with Crippen LogP contribution in [0.5, 0.6) is 5.75 Å². The molecule has 0 heterocycles. The molecule has 0 fully saturated rings. The van der Waals surface area contributed by atoms with Crippen LogP contribution in [0.3, 0.4) is 0 Å². The predicted molar refractivity (Wildman–Crippen MR) is 109 cm³/mol. The van der Waals surface area contributed by atoms with E-state index in [9.17, 15) is 4.79 Å². The third kappa shape index (κ3) is 4.56. The maximum atomic E-state index is 13.0. The average molecular weight is 359 g/mol. The number of nitrogens with one attached hydrogen (secondary N) is 1. The number of hydrogen-bond donors (Lipinski definition) is 1. The Morgan fingerprint density at radius 2 is 1.74 bits per heavy atom. The molecule has 0 aliphatic heterocycles. The minimum Gasteiger partial charge on any atom is -0.494 e. The first-order valence-corrected chi connectivity index (χ1v) is 9.24. The van der Waals surface area contributed by atoms with Gasteiger partial charge in [-0.05, 0) is 55.7 Å². The summed E-state index contributed by atoms with van der Waals surface area (Å²) in [6.07, 6.45) is 0. The molecule has 3 nitrogen and oxygen atoms in total. The molecule has 0 bridgehead atoms. The van der Waals surface area contributed by atoms with Crippen LogP contribution in [0.25, 0.3) is 0 Å². The van der Waals surface area contributed by atoms with Gasteiger partial charge in [0.2, 0.25) is 0 Å². The Hall–Kier alpha value is -3.07. The molecule has 1 N–H and O–H groups in total. The van der Waals surface area contributed by atoms with E-state index in [0.717, 1.165) is 16.7 Å². The van der Waals surface area contributed by atoms with Crippen molar-refractivity contribution in [3.05, 3.63) is 101 Å². The van der Waals surface area contributed by atoms with Gasteiger partial charge in [-0.15, -0.1) is 0 Å². The van der Waals surface area contributed by atoms with E-state index in [1.54, 1.807) is 6.07 Å². The van der Waals surface area contributed by atoms with Gasteiger partial charge in [-0.25, -0.2) is 0 Å². The van der Waals surface area contributed by atoms with Crippen molar-refractivity contribution < 1.29 is 9.53 Å². The molecular weight excluding hydrogens is 334 g/mol. The number of amides is 1. The monoisotopic (exact) mass is 359 g/mol. The van der Waals surface area contributed by atoms with Gasteiger partial charge in [0.05, 0.1) is 12.6 Å². The molecule has 3 aromatic carbocycles. The summed E-state index contributed by atoms with van der Waals surface area (Å²) >= 11 is 0. The van der Waals surface area contributed by atoms with Crippen LogP contribution in [-0.2, 0) is 0 Å². The summed E-state index contributed by atoms with van der Waals surface area (Å²) in [6.45, 7) is 6.64. The Bertz CT molecular complexity index is 919. The Morgan fingerprint density at radius 1 is 0.963 bits per heavy atom. The highest BCUT2D eigenvalue weighted by atomic mass is 16.5. The van der Waals surface area contributed by atoms with Gasteiger partial charge in [0.1, 0.15) is 5.75 Å². The van der Waals surface area contributed by atoms with Crippen LogP contribution in [0, 0.1) is 13.8 Å². The fourth-order valence-electron chi connectivity index (χ4n) is 3.17. The predicted octanol–water partition coefficient (Wildman–Crippen LogP) is 5.22. The van der Waals surface area contributed by atoms with Crippen molar-refractivity contribution in [2.24, 2.45) is 0 Å². The van der Waals surface area contributed by atoms with Crippen LogP contribution in [0.15, 0.2) is 72.8 Å². The number of aryl methyl sites for hydroxylation is 2. The normalized spacial score (nSPS) is 11.7. The van der Waals surface area contributed by atoms with E-state index in [0.29, 0.717) is 17.9 Å². The van der Waals surface area contributed by atoms with Crippen molar-refractivity contribution in [1.29, 1.82) is 0 Å². The molecule has 0 aromatic heterocycles. The lowest BCUT2D eigenvalue weighted by Gasteiger charge is -2.22. The average Bonchev–Trinajstić information content (AvgIpc) is 2.69. The lowest BCUT2D eigenvalue weighted by molar-refractivity contribution is 0.0942. The Morgan fingerprint density at radius 3 is 2.48 bits per heavy atom. The summed E-state index contributed by atoms with van der Waals surface area (Å²) in [7, 11) is 0. The molecule has 0 unspecified atom stereocenters. The van der Waals surface area contributed by atoms with E-state index in [4.69, 9.17) is 4.74 Å². The maximum absolute atomic E-state index is 13.0. The first-order valence-electron chi connectivity index (χ1n) is 9.24. The molecule has 0 aliphatic carbocycles. The van der Waals surface area contributed by atoms with Crippen molar-refractivity contribution in [2.75, 3.05) is 6.61 Å². The van der Waals surface area contributed by atoms with E-state index >= 15 is 0 Å². The number of rotatable bonds is 6. The summed E-state index contributed by atoms with van der Waals surface area (Å²) in [5, 5.41) is 3.21. The first kappa shape index (κ1) is 18.7. The van der Waals surface area contributed by atoms with Crippen molar-refractivity contribution >= 4 is 5.91 Å². The minimum absolute atomic E-state index is 0.119. The quantitative estimate of drug-likeness (QED) is 0.655. The Balaban J connectivity index is 1.96. The molecule has 0 spiro atoms. The van der Waals surface area contributed by atoms with Crippen LogP contribution >= 0.6 is 0 Å². The first-order chi connectivity index (χ1) is 13.1. The summed E-state index contributed by atoms with van der Waals surface area (Å²) in [5.74, 6) is 0.583. The van der Waals surface area contributed by atoms with Crippen LogP contribution in [-0.4, -0.2) is 12.5 Å². The highest BCUT2D eigenvalue weighted by molar-refractivity contribution is 5.95. The molecule has 0 saturated heterocycles. The van der Waals surface area contributed by atoms with Crippen LogP contribution in [0.2, 0.25) is 0 Å². The summed E-state index contributed by atoms with van der Waals surface area (Å²) in [5.41, 5.74) is 5.07. The van der Waals surface area contributed by atoms with E-state index in [1.807, 2.05) is 55.5 Å².